The van der Waals surface area contributed by atoms with Crippen molar-refractivity contribution < 1.29 is 25.8 Å². The molecule has 0 aliphatic carbocycles. The van der Waals surface area contributed by atoms with Crippen LogP contribution in [0.2, 0.25) is 0 Å². The molecular formula is C21H27NO5. The number of likely N-dealkylation sites (N-methyl/N-ethyl adjacent to an activating group) is 1. The van der Waals surface area contributed by atoms with Crippen LogP contribution in [0.5, 0.6) is 28.7 Å². The molecule has 0 bridgehead atoms. The largest absolute Gasteiger partial charge is 0.504 e. The first-order valence-corrected chi connectivity index (χ1v) is 8.87. The number of fused-ring (bicyclic) bond motifs is 1. The van der Waals surface area contributed by atoms with Gasteiger partial charge in [-0.3, -0.25) is 4.90 Å². The molecule has 6 nitrogen and oxygen atoms in total. The summed E-state index contributed by atoms with van der Waals surface area (Å²) in [5.41, 5.74) is 2.94. The van der Waals surface area contributed by atoms with E-state index >= 15 is 0 Å². The number of aromatic hydroxyl groups is 2. The summed E-state index contributed by atoms with van der Waals surface area (Å²) in [5, 5.41) is 20.4. The number of methoxy groups -OCH3 is 3. The molecule has 1 aliphatic heterocycles. The van der Waals surface area contributed by atoms with E-state index in [1.165, 1.54) is 21.3 Å². The van der Waals surface area contributed by atoms with E-state index < -0.39 is 0 Å². The molecule has 0 amide bonds. The molecule has 27 heavy (non-hydrogen) atoms. The first-order valence-electron chi connectivity index (χ1n) is 9.45. The highest BCUT2D eigenvalue weighted by Gasteiger charge is 2.26. The number of benzene rings is 2. The quantitative estimate of drug-likeness (QED) is 0.807. The smallest absolute Gasteiger partial charge is 0.203 e. The van der Waals surface area contributed by atoms with Crippen LogP contribution in [0.3, 0.4) is 0 Å². The van der Waals surface area contributed by atoms with Crippen molar-refractivity contribution in [2.45, 2.75) is 25.3 Å². The maximum absolute atomic E-state index is 10.2. The zero-order valence-electron chi connectivity index (χ0n) is 17.2. The van der Waals surface area contributed by atoms with Gasteiger partial charge in [-0.2, -0.15) is 0 Å². The molecule has 2 aromatic rings. The van der Waals surface area contributed by atoms with E-state index in [4.69, 9.17) is 15.6 Å². The minimum Gasteiger partial charge on any atom is -0.504 e. The van der Waals surface area contributed by atoms with E-state index in [1.807, 2.05) is 24.1 Å². The molecule has 0 spiro atoms. The van der Waals surface area contributed by atoms with Gasteiger partial charge in [0.25, 0.3) is 0 Å². The van der Waals surface area contributed by atoms with E-state index in [0.29, 0.717) is 30.1 Å². The number of phenols is 2. The monoisotopic (exact) mass is 375 g/mol. The number of phenolic OH excluding ortho intramolecular Hbond substituents is 2. The van der Waals surface area contributed by atoms with Gasteiger partial charge in [0.1, 0.15) is 0 Å². The van der Waals surface area contributed by atoms with Gasteiger partial charge in [0, 0.05) is 13.9 Å². The zero-order valence-corrected chi connectivity index (χ0v) is 16.2. The topological polar surface area (TPSA) is 71.4 Å². The number of nitrogens with zero attached hydrogens (tertiary/aromatic N) is 1. The predicted molar refractivity (Wildman–Crippen MR) is 103 cm³/mol. The second-order valence-corrected chi connectivity index (χ2v) is 6.68. The fraction of sp³-hybridized carbons (Fsp3) is 0.429. The third-order valence-electron chi connectivity index (χ3n) is 5.12. The Bertz CT molecular complexity index is 857. The van der Waals surface area contributed by atoms with Gasteiger partial charge >= 0.3 is 0 Å². The molecule has 0 saturated heterocycles. The Kier molecular flexibility index (Phi) is 5.25. The number of rotatable bonds is 6. The summed E-state index contributed by atoms with van der Waals surface area (Å²) in [6, 6.07) is 7.07. The van der Waals surface area contributed by atoms with Crippen LogP contribution in [0.4, 0.5) is 0 Å². The van der Waals surface area contributed by atoms with Gasteiger partial charge in [-0.25, -0.2) is 0 Å². The van der Waals surface area contributed by atoms with Crippen LogP contribution < -0.4 is 14.2 Å². The molecule has 0 unspecified atom stereocenters. The lowest BCUT2D eigenvalue weighted by Gasteiger charge is -2.35. The summed E-state index contributed by atoms with van der Waals surface area (Å²) in [6.45, 7) is -0.370. The Balaban J connectivity index is 1.88. The Hall–Kier alpha value is -2.60. The van der Waals surface area contributed by atoms with Crippen molar-refractivity contribution in [2.24, 2.45) is 0 Å². The van der Waals surface area contributed by atoms with Gasteiger partial charge in [0.2, 0.25) is 5.75 Å². The maximum Gasteiger partial charge on any atom is 0.203 e. The summed E-state index contributed by atoms with van der Waals surface area (Å²) >= 11 is 0. The summed E-state index contributed by atoms with van der Waals surface area (Å²) in [6.07, 6.45) is 1.97. The summed E-state index contributed by atoms with van der Waals surface area (Å²) in [4.78, 5) is 2.01. The second kappa shape index (κ2) is 7.96. The molecule has 0 aromatic heterocycles. The predicted octanol–water partition coefficient (Wildman–Crippen LogP) is 3.29. The van der Waals surface area contributed by atoms with E-state index in [9.17, 15) is 10.2 Å². The van der Waals surface area contributed by atoms with Crippen molar-refractivity contribution in [3.63, 3.8) is 0 Å². The van der Waals surface area contributed by atoms with E-state index in [-0.39, 0.29) is 24.1 Å². The van der Waals surface area contributed by atoms with Crippen LogP contribution in [-0.2, 0) is 12.8 Å². The third-order valence-corrected chi connectivity index (χ3v) is 5.12. The third kappa shape index (κ3) is 3.76. The van der Waals surface area contributed by atoms with Gasteiger partial charge < -0.3 is 24.4 Å². The normalized spacial score (nSPS) is 19.9. The van der Waals surface area contributed by atoms with Gasteiger partial charge in [-0.15, -0.1) is 0 Å². The van der Waals surface area contributed by atoms with Gasteiger partial charge in [-0.1, -0.05) is 0 Å². The van der Waals surface area contributed by atoms with E-state index in [2.05, 4.69) is 0 Å². The number of ether oxygens (including phenoxy) is 3. The molecule has 2 atom stereocenters. The lowest BCUT2D eigenvalue weighted by Crippen LogP contribution is -2.32. The Morgan fingerprint density at radius 3 is 2.44 bits per heavy atom. The van der Waals surface area contributed by atoms with Crippen LogP contribution >= 0.6 is 0 Å². The summed E-state index contributed by atoms with van der Waals surface area (Å²) in [7, 11) is 6.47. The van der Waals surface area contributed by atoms with Crippen molar-refractivity contribution in [1.82, 2.24) is 4.90 Å². The molecule has 3 rings (SSSR count). The Morgan fingerprint density at radius 2 is 1.78 bits per heavy atom. The number of aryl methyl sites for hydroxylation is 2. The average Bonchev–Trinajstić information content (AvgIpc) is 2.68. The van der Waals surface area contributed by atoms with Crippen LogP contribution in [0.25, 0.3) is 0 Å². The molecule has 0 fully saturated rings. The maximum atomic E-state index is 10.2. The minimum absolute atomic E-state index is 0.0294. The van der Waals surface area contributed by atoms with Crippen molar-refractivity contribution in [3.05, 3.63) is 41.0 Å². The van der Waals surface area contributed by atoms with Crippen molar-refractivity contribution in [3.8, 4) is 28.7 Å². The fourth-order valence-corrected chi connectivity index (χ4v) is 3.67. The molecule has 2 aromatic carbocycles. The highest BCUT2D eigenvalue weighted by Crippen LogP contribution is 2.41. The average molecular weight is 375 g/mol. The van der Waals surface area contributed by atoms with Crippen LogP contribution in [0.15, 0.2) is 24.3 Å². The number of hydrogen-bond acceptors (Lipinski definition) is 6. The standard InChI is InChI=1S/C21H27NO5/c1-22-8-7-14-11-19(25-2)17(23)12-15(14)16(22)6-5-13-9-18(24)21(27-4)20(10-13)26-3/h9-12,16,23-24H,5-8H2,1-4H3/t16-/m0/s1/i8T/t8-,16-. The van der Waals surface area contributed by atoms with Gasteiger partial charge in [0.05, 0.1) is 21.3 Å². The Labute approximate surface area is 161 Å². The molecule has 1 heterocycles. The lowest BCUT2D eigenvalue weighted by molar-refractivity contribution is 0.218. The summed E-state index contributed by atoms with van der Waals surface area (Å²) < 4.78 is 24.1. The van der Waals surface area contributed by atoms with Gasteiger partial charge in [-0.05, 0) is 67.3 Å². The zero-order chi connectivity index (χ0) is 20.4. The molecule has 0 saturated carbocycles. The second-order valence-electron chi connectivity index (χ2n) is 6.68. The van der Waals surface area contributed by atoms with E-state index in [0.717, 1.165) is 23.1 Å². The van der Waals surface area contributed by atoms with Crippen LogP contribution in [0, 0.1) is 0 Å². The van der Waals surface area contributed by atoms with Crippen molar-refractivity contribution in [1.29, 1.82) is 0 Å². The minimum atomic E-state index is -0.370. The van der Waals surface area contributed by atoms with E-state index in [1.54, 1.807) is 12.1 Å². The molecular weight excluding hydrogens is 346 g/mol. The van der Waals surface area contributed by atoms with Crippen LogP contribution in [-0.4, -0.2) is 50.0 Å². The fourth-order valence-electron chi connectivity index (χ4n) is 3.67. The van der Waals surface area contributed by atoms with Crippen LogP contribution in [0.1, 0.15) is 30.5 Å². The molecule has 0 radical (unpaired) electrons. The highest BCUT2D eigenvalue weighted by molar-refractivity contribution is 5.53. The van der Waals surface area contributed by atoms with Gasteiger partial charge in [0.15, 0.2) is 23.0 Å². The first-order chi connectivity index (χ1) is 13.4. The number of hydrogen-bond donors (Lipinski definition) is 2. The lowest BCUT2D eigenvalue weighted by atomic mass is 9.88. The first kappa shape index (κ1) is 17.8. The molecule has 1 aliphatic rings. The summed E-state index contributed by atoms with van der Waals surface area (Å²) in [5.74, 6) is 1.37. The Morgan fingerprint density at radius 1 is 1.04 bits per heavy atom. The molecule has 6 heteroatoms. The molecule has 146 valence electrons. The molecule has 2 N–H and O–H groups in total. The SMILES string of the molecule is [3H][C@H]1Cc2cc(OC)c(O)cc2[C@H](CCc2cc(O)c(OC)c(OC)c2)N1C. The van der Waals surface area contributed by atoms with Crippen molar-refractivity contribution in [2.75, 3.05) is 34.9 Å². The van der Waals surface area contributed by atoms with Crippen molar-refractivity contribution >= 4 is 0 Å². The highest BCUT2D eigenvalue weighted by atomic mass is 16.5.